The lowest BCUT2D eigenvalue weighted by Gasteiger charge is -2.00. The maximum absolute atomic E-state index is 11.2. The Hall–Kier alpha value is -1.32. The van der Waals surface area contributed by atoms with Gasteiger partial charge >= 0.3 is 0 Å². The number of aromatic nitrogens is 2. The molecule has 1 N–H and O–H groups in total. The molecule has 1 rings (SSSR count). The quantitative estimate of drug-likeness (QED) is 0.734. The number of aryl methyl sites for hydroxylation is 1. The van der Waals surface area contributed by atoms with Crippen molar-refractivity contribution in [1.82, 2.24) is 14.9 Å². The van der Waals surface area contributed by atoms with Gasteiger partial charge in [-0.3, -0.25) is 4.79 Å². The van der Waals surface area contributed by atoms with Crippen LogP contribution in [0.5, 0.6) is 0 Å². The van der Waals surface area contributed by atoms with Crippen LogP contribution in [0.4, 0.5) is 0 Å². The van der Waals surface area contributed by atoms with Crippen LogP contribution in [0, 0.1) is 0 Å². The second-order valence-corrected chi connectivity index (χ2v) is 3.06. The Bertz CT molecular complexity index is 280. The number of hydrogen-bond acceptors (Lipinski definition) is 2. The van der Waals surface area contributed by atoms with Crippen LogP contribution in [-0.4, -0.2) is 22.0 Å². The second kappa shape index (κ2) is 4.64. The highest BCUT2D eigenvalue weighted by molar-refractivity contribution is 5.77. The highest BCUT2D eigenvalue weighted by Gasteiger charge is 2.03. The fourth-order valence-corrected chi connectivity index (χ4v) is 1.05. The summed E-state index contributed by atoms with van der Waals surface area (Å²) in [5.74, 6) is 0.0422. The zero-order valence-electron chi connectivity index (χ0n) is 8.08. The summed E-state index contributed by atoms with van der Waals surface area (Å²) in [7, 11) is 1.89. The molecule has 1 amide bonds. The molecule has 1 heterocycles. The predicted molar refractivity (Wildman–Crippen MR) is 50.2 cm³/mol. The molecule has 0 atom stereocenters. The summed E-state index contributed by atoms with van der Waals surface area (Å²) < 4.78 is 1.84. The Balaban J connectivity index is 2.36. The fourth-order valence-electron chi connectivity index (χ4n) is 1.05. The molecule has 72 valence electrons. The summed E-state index contributed by atoms with van der Waals surface area (Å²) in [6.45, 7) is 2.77. The van der Waals surface area contributed by atoms with Crippen molar-refractivity contribution in [2.24, 2.45) is 7.05 Å². The molecule has 1 aromatic heterocycles. The number of hydrogen-bond donors (Lipinski definition) is 1. The predicted octanol–water partition coefficient (Wildman–Crippen LogP) is 0.489. The van der Waals surface area contributed by atoms with E-state index in [1.807, 2.05) is 24.7 Å². The van der Waals surface area contributed by atoms with Crippen molar-refractivity contribution in [3.05, 3.63) is 18.2 Å². The van der Waals surface area contributed by atoms with Crippen LogP contribution in [0.25, 0.3) is 0 Å². The molecule has 0 saturated heterocycles. The molecule has 0 radical (unpaired) electrons. The number of carbonyl (C=O) groups excluding carboxylic acids is 1. The minimum Gasteiger partial charge on any atom is -0.356 e. The third-order valence-electron chi connectivity index (χ3n) is 1.67. The lowest BCUT2D eigenvalue weighted by Crippen LogP contribution is -2.25. The van der Waals surface area contributed by atoms with E-state index in [2.05, 4.69) is 10.3 Å². The average Bonchev–Trinajstić information content (AvgIpc) is 2.48. The van der Waals surface area contributed by atoms with E-state index in [9.17, 15) is 4.79 Å². The van der Waals surface area contributed by atoms with Gasteiger partial charge in [0.15, 0.2) is 0 Å². The van der Waals surface area contributed by atoms with E-state index >= 15 is 0 Å². The molecule has 0 spiro atoms. The minimum absolute atomic E-state index is 0.0422. The smallest absolute Gasteiger partial charge is 0.226 e. The van der Waals surface area contributed by atoms with Gasteiger partial charge in [-0.15, -0.1) is 0 Å². The van der Waals surface area contributed by atoms with Crippen LogP contribution >= 0.6 is 0 Å². The second-order valence-electron chi connectivity index (χ2n) is 3.06. The van der Waals surface area contributed by atoms with Crippen LogP contribution in [0.15, 0.2) is 12.5 Å². The van der Waals surface area contributed by atoms with Crippen molar-refractivity contribution < 1.29 is 4.79 Å². The fraction of sp³-hybridized carbons (Fsp3) is 0.556. The molecule has 0 saturated carbocycles. The molecule has 0 aliphatic rings. The van der Waals surface area contributed by atoms with Crippen molar-refractivity contribution in [2.45, 2.75) is 19.8 Å². The van der Waals surface area contributed by atoms with Crippen LogP contribution < -0.4 is 5.32 Å². The Kier molecular flexibility index (Phi) is 3.49. The summed E-state index contributed by atoms with van der Waals surface area (Å²) in [4.78, 5) is 15.3. The first-order valence-corrected chi connectivity index (χ1v) is 4.46. The number of rotatable bonds is 4. The largest absolute Gasteiger partial charge is 0.356 e. The zero-order valence-corrected chi connectivity index (χ0v) is 8.08. The van der Waals surface area contributed by atoms with Gasteiger partial charge in [-0.2, -0.15) is 0 Å². The molecule has 0 bridgehead atoms. The van der Waals surface area contributed by atoms with Crippen molar-refractivity contribution in [2.75, 3.05) is 6.54 Å². The van der Waals surface area contributed by atoms with Gasteiger partial charge in [0.2, 0.25) is 5.91 Å². The Morgan fingerprint density at radius 3 is 3.00 bits per heavy atom. The number of nitrogens with one attached hydrogen (secondary N) is 1. The van der Waals surface area contributed by atoms with Crippen LogP contribution in [0.1, 0.15) is 19.0 Å². The molecule has 13 heavy (non-hydrogen) atoms. The van der Waals surface area contributed by atoms with Crippen LogP contribution in [-0.2, 0) is 18.3 Å². The summed E-state index contributed by atoms with van der Waals surface area (Å²) in [5, 5.41) is 2.80. The number of amides is 1. The van der Waals surface area contributed by atoms with Crippen molar-refractivity contribution >= 4 is 5.91 Å². The Labute approximate surface area is 78.0 Å². The number of imidazole rings is 1. The summed E-state index contributed by atoms with van der Waals surface area (Å²) in [5.41, 5.74) is 0.816. The van der Waals surface area contributed by atoms with Gasteiger partial charge in [0, 0.05) is 19.8 Å². The monoisotopic (exact) mass is 181 g/mol. The third-order valence-corrected chi connectivity index (χ3v) is 1.67. The zero-order chi connectivity index (χ0) is 9.68. The first-order valence-electron chi connectivity index (χ1n) is 4.46. The average molecular weight is 181 g/mol. The molecule has 0 fully saturated rings. The van der Waals surface area contributed by atoms with E-state index in [1.54, 1.807) is 6.33 Å². The van der Waals surface area contributed by atoms with Crippen molar-refractivity contribution in [3.63, 3.8) is 0 Å². The first kappa shape index (κ1) is 9.77. The SMILES string of the molecule is CCCNC(=O)Cc1cn(C)cn1. The summed E-state index contributed by atoms with van der Waals surface area (Å²) >= 11 is 0. The summed E-state index contributed by atoms with van der Waals surface area (Å²) in [6, 6.07) is 0. The lowest BCUT2D eigenvalue weighted by molar-refractivity contribution is -0.120. The van der Waals surface area contributed by atoms with E-state index < -0.39 is 0 Å². The van der Waals surface area contributed by atoms with Crippen molar-refractivity contribution in [3.8, 4) is 0 Å². The van der Waals surface area contributed by atoms with E-state index in [-0.39, 0.29) is 5.91 Å². The molecule has 0 aliphatic carbocycles. The first-order chi connectivity index (χ1) is 6.22. The van der Waals surface area contributed by atoms with Gasteiger partial charge in [0.1, 0.15) is 0 Å². The van der Waals surface area contributed by atoms with Gasteiger partial charge in [-0.1, -0.05) is 6.92 Å². The molecular weight excluding hydrogens is 166 g/mol. The molecular formula is C9H15N3O. The molecule has 4 heteroatoms. The maximum Gasteiger partial charge on any atom is 0.226 e. The number of carbonyl (C=O) groups is 1. The number of nitrogens with zero attached hydrogens (tertiary/aromatic N) is 2. The van der Waals surface area contributed by atoms with E-state index in [1.165, 1.54) is 0 Å². The molecule has 0 aromatic carbocycles. The topological polar surface area (TPSA) is 46.9 Å². The van der Waals surface area contributed by atoms with E-state index in [4.69, 9.17) is 0 Å². The van der Waals surface area contributed by atoms with Crippen molar-refractivity contribution in [1.29, 1.82) is 0 Å². The molecule has 1 aromatic rings. The van der Waals surface area contributed by atoms with E-state index in [0.717, 1.165) is 18.7 Å². The molecule has 4 nitrogen and oxygen atoms in total. The Morgan fingerprint density at radius 1 is 1.69 bits per heavy atom. The van der Waals surface area contributed by atoms with Crippen LogP contribution in [0.3, 0.4) is 0 Å². The summed E-state index contributed by atoms with van der Waals surface area (Å²) in [6.07, 6.45) is 4.89. The highest BCUT2D eigenvalue weighted by atomic mass is 16.1. The van der Waals surface area contributed by atoms with Gasteiger partial charge in [-0.05, 0) is 6.42 Å². The molecule has 0 aliphatic heterocycles. The minimum atomic E-state index is 0.0422. The van der Waals surface area contributed by atoms with Gasteiger partial charge in [0.25, 0.3) is 0 Å². The van der Waals surface area contributed by atoms with Gasteiger partial charge in [0.05, 0.1) is 18.4 Å². The molecule has 0 unspecified atom stereocenters. The normalized spacial score (nSPS) is 10.0. The third kappa shape index (κ3) is 3.27. The highest BCUT2D eigenvalue weighted by Crippen LogP contribution is 1.94. The maximum atomic E-state index is 11.2. The lowest BCUT2D eigenvalue weighted by atomic mass is 10.3. The van der Waals surface area contributed by atoms with E-state index in [0.29, 0.717) is 6.42 Å². The van der Waals surface area contributed by atoms with Crippen LogP contribution in [0.2, 0.25) is 0 Å². The van der Waals surface area contributed by atoms with Gasteiger partial charge in [-0.25, -0.2) is 4.98 Å². The standard InChI is InChI=1S/C9H15N3O/c1-3-4-10-9(13)5-8-6-12(2)7-11-8/h6-7H,3-5H2,1-2H3,(H,10,13). The Morgan fingerprint density at radius 2 is 2.46 bits per heavy atom. The van der Waals surface area contributed by atoms with Gasteiger partial charge < -0.3 is 9.88 Å².